The van der Waals surface area contributed by atoms with Crippen molar-refractivity contribution in [1.82, 2.24) is 0 Å². The first-order valence-corrected chi connectivity index (χ1v) is 11.7. The SMILES string of the molecule is CCOC(=O)C1=NO[C@]2(c3cc(Br)c4ccccc4c3C=C[C@H]2c2ccc(C)cc2)[C@H]1Cl. The van der Waals surface area contributed by atoms with Gasteiger partial charge < -0.3 is 9.57 Å². The van der Waals surface area contributed by atoms with Crippen LogP contribution in [0.3, 0.4) is 0 Å². The molecule has 1 spiro atoms. The number of carbonyl (C=O) groups excluding carboxylic acids is 1. The topological polar surface area (TPSA) is 47.9 Å². The predicted molar refractivity (Wildman–Crippen MR) is 131 cm³/mol. The van der Waals surface area contributed by atoms with Crippen LogP contribution in [0.4, 0.5) is 0 Å². The highest BCUT2D eigenvalue weighted by Gasteiger charge is 2.58. The number of alkyl halides is 1. The maximum atomic E-state index is 12.6. The second kappa shape index (κ2) is 8.05. The number of benzene rings is 3. The van der Waals surface area contributed by atoms with E-state index in [-0.39, 0.29) is 18.2 Å². The monoisotopic (exact) mass is 509 g/mol. The van der Waals surface area contributed by atoms with Crippen molar-refractivity contribution in [1.29, 1.82) is 0 Å². The van der Waals surface area contributed by atoms with E-state index >= 15 is 0 Å². The fraction of sp³-hybridized carbons (Fsp3) is 0.231. The van der Waals surface area contributed by atoms with Gasteiger partial charge in [-0.05, 0) is 41.8 Å². The van der Waals surface area contributed by atoms with Crippen LogP contribution in [-0.4, -0.2) is 23.7 Å². The van der Waals surface area contributed by atoms with Gasteiger partial charge in [0, 0.05) is 10.0 Å². The van der Waals surface area contributed by atoms with Crippen LogP contribution in [-0.2, 0) is 20.0 Å². The molecule has 32 heavy (non-hydrogen) atoms. The molecule has 0 unspecified atom stereocenters. The first-order chi connectivity index (χ1) is 15.5. The zero-order valence-corrected chi connectivity index (χ0v) is 20.0. The van der Waals surface area contributed by atoms with Gasteiger partial charge in [0.05, 0.1) is 12.5 Å². The van der Waals surface area contributed by atoms with Gasteiger partial charge in [-0.1, -0.05) is 87.3 Å². The molecule has 0 amide bonds. The fourth-order valence-corrected chi connectivity index (χ4v) is 5.65. The van der Waals surface area contributed by atoms with Crippen LogP contribution in [0, 0.1) is 6.92 Å². The summed E-state index contributed by atoms with van der Waals surface area (Å²) in [7, 11) is 0. The minimum absolute atomic E-state index is 0.0937. The van der Waals surface area contributed by atoms with Crippen molar-refractivity contribution in [3.8, 4) is 0 Å². The van der Waals surface area contributed by atoms with Gasteiger partial charge in [0.15, 0.2) is 11.3 Å². The average Bonchev–Trinajstić information content (AvgIpc) is 3.13. The van der Waals surface area contributed by atoms with Gasteiger partial charge in [-0.25, -0.2) is 4.79 Å². The summed E-state index contributed by atoms with van der Waals surface area (Å²) in [6.45, 7) is 4.04. The van der Waals surface area contributed by atoms with Crippen molar-refractivity contribution >= 4 is 56.1 Å². The molecule has 0 bridgehead atoms. The molecule has 1 aliphatic heterocycles. The van der Waals surface area contributed by atoms with Crippen molar-refractivity contribution in [3.63, 3.8) is 0 Å². The maximum absolute atomic E-state index is 12.6. The Morgan fingerprint density at radius 2 is 1.91 bits per heavy atom. The molecule has 1 heterocycles. The summed E-state index contributed by atoms with van der Waals surface area (Å²) in [6, 6.07) is 18.5. The largest absolute Gasteiger partial charge is 0.461 e. The predicted octanol–water partition coefficient (Wildman–Crippen LogP) is 6.47. The summed E-state index contributed by atoms with van der Waals surface area (Å²) in [4.78, 5) is 18.8. The standard InChI is InChI=1S/C26H21BrClNO3/c1-3-31-25(30)23-24(28)26(32-29-23)20(16-10-8-15(2)9-11-16)13-12-18-17-6-4-5-7-19(17)22(27)14-21(18)26/h4-14,20,24H,3H2,1-2H3/t20-,24-,26+/m0/s1. The number of rotatable bonds is 3. The Bertz CT molecular complexity index is 1280. The van der Waals surface area contributed by atoms with Gasteiger partial charge in [-0.3, -0.25) is 0 Å². The van der Waals surface area contributed by atoms with Crippen LogP contribution in [0.15, 0.2) is 70.3 Å². The van der Waals surface area contributed by atoms with E-state index in [2.05, 4.69) is 69.6 Å². The third kappa shape index (κ3) is 3.10. The molecule has 1 aliphatic carbocycles. The fourth-order valence-electron chi connectivity index (χ4n) is 4.66. The summed E-state index contributed by atoms with van der Waals surface area (Å²) in [6.07, 6.45) is 4.22. The Morgan fingerprint density at radius 3 is 2.62 bits per heavy atom. The summed E-state index contributed by atoms with van der Waals surface area (Å²) in [5.41, 5.74) is 3.10. The Morgan fingerprint density at radius 1 is 1.19 bits per heavy atom. The smallest absolute Gasteiger partial charge is 0.357 e. The number of nitrogens with zero attached hydrogens (tertiary/aromatic N) is 1. The summed E-state index contributed by atoms with van der Waals surface area (Å²) in [5, 5.41) is 5.51. The van der Waals surface area contributed by atoms with Crippen LogP contribution in [0.25, 0.3) is 16.8 Å². The molecule has 2 aliphatic rings. The lowest BCUT2D eigenvalue weighted by atomic mass is 9.69. The molecular formula is C26H21BrClNO3. The number of hydrogen-bond acceptors (Lipinski definition) is 4. The van der Waals surface area contributed by atoms with E-state index in [1.54, 1.807) is 6.92 Å². The zero-order chi connectivity index (χ0) is 22.5. The molecule has 0 fully saturated rings. The quantitative estimate of drug-likeness (QED) is 0.299. The maximum Gasteiger partial charge on any atom is 0.357 e. The van der Waals surface area contributed by atoms with Crippen LogP contribution in [0.2, 0.25) is 0 Å². The molecule has 3 atom stereocenters. The first kappa shape index (κ1) is 21.2. The van der Waals surface area contributed by atoms with E-state index in [1.165, 1.54) is 0 Å². The molecular weight excluding hydrogens is 490 g/mol. The Balaban J connectivity index is 1.75. The molecule has 5 rings (SSSR count). The van der Waals surface area contributed by atoms with E-state index in [9.17, 15) is 4.79 Å². The van der Waals surface area contributed by atoms with Gasteiger partial charge in [0.25, 0.3) is 0 Å². The molecule has 0 saturated carbocycles. The number of esters is 1. The minimum Gasteiger partial charge on any atom is -0.461 e. The Kier molecular flexibility index (Phi) is 5.34. The van der Waals surface area contributed by atoms with E-state index in [0.717, 1.165) is 37.5 Å². The van der Waals surface area contributed by atoms with Crippen molar-refractivity contribution in [2.75, 3.05) is 6.61 Å². The average molecular weight is 511 g/mol. The van der Waals surface area contributed by atoms with Gasteiger partial charge in [-0.2, -0.15) is 0 Å². The van der Waals surface area contributed by atoms with Gasteiger partial charge >= 0.3 is 5.97 Å². The van der Waals surface area contributed by atoms with Gasteiger partial charge in [0.2, 0.25) is 0 Å². The van der Waals surface area contributed by atoms with E-state index < -0.39 is 16.9 Å². The van der Waals surface area contributed by atoms with Crippen LogP contribution in [0.1, 0.15) is 35.1 Å². The Hall–Kier alpha value is -2.63. The number of aryl methyl sites for hydroxylation is 1. The lowest BCUT2D eigenvalue weighted by Gasteiger charge is -2.40. The van der Waals surface area contributed by atoms with Crippen molar-refractivity contribution in [2.24, 2.45) is 5.16 Å². The van der Waals surface area contributed by atoms with E-state index in [0.29, 0.717) is 0 Å². The summed E-state index contributed by atoms with van der Waals surface area (Å²) < 4.78 is 6.14. The third-order valence-electron chi connectivity index (χ3n) is 6.21. The zero-order valence-electron chi connectivity index (χ0n) is 17.6. The molecule has 3 aromatic rings. The van der Waals surface area contributed by atoms with E-state index in [1.807, 2.05) is 25.1 Å². The highest BCUT2D eigenvalue weighted by molar-refractivity contribution is 9.10. The lowest BCUT2D eigenvalue weighted by Crippen LogP contribution is -2.46. The van der Waals surface area contributed by atoms with Crippen molar-refractivity contribution in [3.05, 3.63) is 87.4 Å². The van der Waals surface area contributed by atoms with Crippen LogP contribution in [0.5, 0.6) is 0 Å². The highest BCUT2D eigenvalue weighted by atomic mass is 79.9. The van der Waals surface area contributed by atoms with Gasteiger partial charge in [0.1, 0.15) is 5.38 Å². The number of oxime groups is 1. The Labute approximate surface area is 200 Å². The normalized spacial score (nSPS) is 23.7. The number of fused-ring (bicyclic) bond motifs is 4. The molecule has 0 saturated heterocycles. The van der Waals surface area contributed by atoms with Crippen molar-refractivity contribution in [2.45, 2.75) is 30.7 Å². The van der Waals surface area contributed by atoms with Crippen molar-refractivity contribution < 1.29 is 14.4 Å². The molecule has 4 nitrogen and oxygen atoms in total. The molecule has 162 valence electrons. The van der Waals surface area contributed by atoms with Gasteiger partial charge in [-0.15, -0.1) is 11.6 Å². The van der Waals surface area contributed by atoms with Crippen LogP contribution >= 0.6 is 27.5 Å². The second-order valence-corrected chi connectivity index (χ2v) is 9.35. The second-order valence-electron chi connectivity index (χ2n) is 8.06. The molecule has 3 aromatic carbocycles. The summed E-state index contributed by atoms with van der Waals surface area (Å²) >= 11 is 10.8. The van der Waals surface area contributed by atoms with E-state index in [4.69, 9.17) is 21.2 Å². The minimum atomic E-state index is -1.09. The summed E-state index contributed by atoms with van der Waals surface area (Å²) in [5.74, 6) is -0.801. The number of carbonyl (C=O) groups is 1. The molecule has 0 N–H and O–H groups in total. The number of halogens is 2. The van der Waals surface area contributed by atoms with Crippen LogP contribution < -0.4 is 0 Å². The lowest BCUT2D eigenvalue weighted by molar-refractivity contribution is -0.135. The molecule has 0 radical (unpaired) electrons. The third-order valence-corrected chi connectivity index (χ3v) is 7.39. The molecule has 0 aromatic heterocycles. The number of ether oxygens (including phenoxy) is 1. The molecule has 6 heteroatoms. The first-order valence-electron chi connectivity index (χ1n) is 10.5. The highest BCUT2D eigenvalue weighted by Crippen LogP contribution is 2.55. The number of hydrogen-bond donors (Lipinski definition) is 0.